The molecule has 110 valence electrons. The van der Waals surface area contributed by atoms with Gasteiger partial charge in [0.25, 0.3) is 0 Å². The second-order valence-electron chi connectivity index (χ2n) is 4.99. The van der Waals surface area contributed by atoms with E-state index in [1.165, 1.54) is 4.88 Å². The first kappa shape index (κ1) is 14.9. The summed E-state index contributed by atoms with van der Waals surface area (Å²) in [6.45, 7) is 3.13. The van der Waals surface area contributed by atoms with E-state index in [-0.39, 0.29) is 12.1 Å². The number of hydrogen-bond donors (Lipinski definition) is 1. The standard InChI is InChI=1S/C15H16BrN3S2/c1-2-7-19-14(12-8-10(16)9-21-12)13(18-15(19)20)11-5-3-4-6-17-11/h3-6,8-9,13-14H,2,7H2,1H3,(H,18,20). The molecular weight excluding hydrogens is 366 g/mol. The first-order valence-electron chi connectivity index (χ1n) is 6.92. The Bertz CT molecular complexity index is 629. The fourth-order valence-corrected chi connectivity index (χ4v) is 4.60. The van der Waals surface area contributed by atoms with E-state index >= 15 is 0 Å². The number of rotatable bonds is 4. The Labute approximate surface area is 142 Å². The molecule has 2 aromatic rings. The molecule has 2 aromatic heterocycles. The molecule has 1 aliphatic rings. The average molecular weight is 382 g/mol. The maximum absolute atomic E-state index is 5.55. The van der Waals surface area contributed by atoms with Gasteiger partial charge in [0.2, 0.25) is 0 Å². The highest BCUT2D eigenvalue weighted by atomic mass is 79.9. The number of aromatic nitrogens is 1. The molecule has 2 unspecified atom stereocenters. The maximum Gasteiger partial charge on any atom is 0.170 e. The lowest BCUT2D eigenvalue weighted by molar-refractivity contribution is 0.322. The molecule has 0 radical (unpaired) electrons. The summed E-state index contributed by atoms with van der Waals surface area (Å²) in [4.78, 5) is 8.11. The van der Waals surface area contributed by atoms with Gasteiger partial charge in [0.05, 0.1) is 17.8 Å². The van der Waals surface area contributed by atoms with Crippen LogP contribution in [-0.4, -0.2) is 21.5 Å². The van der Waals surface area contributed by atoms with Gasteiger partial charge in [-0.2, -0.15) is 0 Å². The van der Waals surface area contributed by atoms with Gasteiger partial charge in [0, 0.05) is 27.5 Å². The van der Waals surface area contributed by atoms with Gasteiger partial charge in [-0.25, -0.2) is 0 Å². The molecule has 0 aromatic carbocycles. The molecule has 2 atom stereocenters. The first-order chi connectivity index (χ1) is 10.2. The van der Waals surface area contributed by atoms with Crippen molar-refractivity contribution in [2.75, 3.05) is 6.54 Å². The van der Waals surface area contributed by atoms with E-state index in [4.69, 9.17) is 12.2 Å². The van der Waals surface area contributed by atoms with Crippen molar-refractivity contribution in [1.82, 2.24) is 15.2 Å². The fraction of sp³-hybridized carbons (Fsp3) is 0.333. The second-order valence-corrected chi connectivity index (χ2v) is 7.23. The van der Waals surface area contributed by atoms with Crippen molar-refractivity contribution in [3.05, 3.63) is 50.9 Å². The number of nitrogens with zero attached hydrogens (tertiary/aromatic N) is 2. The van der Waals surface area contributed by atoms with Gasteiger partial charge in [-0.15, -0.1) is 11.3 Å². The molecule has 0 spiro atoms. The summed E-state index contributed by atoms with van der Waals surface area (Å²) in [5.74, 6) is 0. The first-order valence-corrected chi connectivity index (χ1v) is 9.00. The van der Waals surface area contributed by atoms with Gasteiger partial charge >= 0.3 is 0 Å². The average Bonchev–Trinajstić information content (AvgIpc) is 3.05. The highest BCUT2D eigenvalue weighted by molar-refractivity contribution is 9.10. The van der Waals surface area contributed by atoms with E-state index < -0.39 is 0 Å². The summed E-state index contributed by atoms with van der Waals surface area (Å²) in [5, 5.41) is 6.39. The minimum Gasteiger partial charge on any atom is -0.352 e. The predicted molar refractivity (Wildman–Crippen MR) is 94.5 cm³/mol. The summed E-state index contributed by atoms with van der Waals surface area (Å²) < 4.78 is 1.12. The Kier molecular flexibility index (Phi) is 4.57. The van der Waals surface area contributed by atoms with Crippen LogP contribution in [0.25, 0.3) is 0 Å². The Morgan fingerprint density at radius 2 is 2.33 bits per heavy atom. The summed E-state index contributed by atoms with van der Waals surface area (Å²) in [6.07, 6.45) is 2.91. The van der Waals surface area contributed by atoms with Crippen LogP contribution in [0, 0.1) is 0 Å². The van der Waals surface area contributed by atoms with Crippen LogP contribution >= 0.6 is 39.5 Å². The zero-order valence-corrected chi connectivity index (χ0v) is 14.8. The lowest BCUT2D eigenvalue weighted by Crippen LogP contribution is -2.29. The molecular formula is C15H16BrN3S2. The monoisotopic (exact) mass is 381 g/mol. The largest absolute Gasteiger partial charge is 0.352 e. The van der Waals surface area contributed by atoms with Gasteiger partial charge in [-0.3, -0.25) is 4.98 Å². The van der Waals surface area contributed by atoms with Crippen LogP contribution in [0.1, 0.15) is 36.0 Å². The van der Waals surface area contributed by atoms with Crippen molar-refractivity contribution in [3.8, 4) is 0 Å². The van der Waals surface area contributed by atoms with E-state index in [1.807, 2.05) is 18.3 Å². The lowest BCUT2D eigenvalue weighted by atomic mass is 10.0. The minimum absolute atomic E-state index is 0.107. The molecule has 3 heterocycles. The van der Waals surface area contributed by atoms with Crippen LogP contribution in [0.15, 0.2) is 40.3 Å². The van der Waals surface area contributed by atoms with Crippen molar-refractivity contribution in [1.29, 1.82) is 0 Å². The maximum atomic E-state index is 5.55. The molecule has 0 saturated carbocycles. The van der Waals surface area contributed by atoms with Crippen molar-refractivity contribution in [3.63, 3.8) is 0 Å². The van der Waals surface area contributed by atoms with Crippen molar-refractivity contribution in [2.24, 2.45) is 0 Å². The SMILES string of the molecule is CCCN1C(=S)NC(c2ccccn2)C1c1cc(Br)cs1. The molecule has 3 rings (SSSR count). The van der Waals surface area contributed by atoms with E-state index in [0.29, 0.717) is 0 Å². The van der Waals surface area contributed by atoms with Gasteiger partial charge in [-0.05, 0) is 52.8 Å². The number of hydrogen-bond acceptors (Lipinski definition) is 3. The summed E-state index contributed by atoms with van der Waals surface area (Å²) in [5.41, 5.74) is 1.04. The third-order valence-electron chi connectivity index (χ3n) is 3.54. The summed E-state index contributed by atoms with van der Waals surface area (Å²) in [6, 6.07) is 8.53. The van der Waals surface area contributed by atoms with Crippen molar-refractivity contribution < 1.29 is 0 Å². The second kappa shape index (κ2) is 6.42. The number of halogens is 1. The molecule has 1 saturated heterocycles. The van der Waals surface area contributed by atoms with Gasteiger partial charge in [-0.1, -0.05) is 13.0 Å². The van der Waals surface area contributed by atoms with E-state index in [9.17, 15) is 0 Å². The highest BCUT2D eigenvalue weighted by Crippen LogP contribution is 2.41. The Morgan fingerprint density at radius 1 is 1.48 bits per heavy atom. The summed E-state index contributed by atoms with van der Waals surface area (Å²) in [7, 11) is 0. The van der Waals surface area contributed by atoms with Gasteiger partial charge in [0.1, 0.15) is 0 Å². The molecule has 21 heavy (non-hydrogen) atoms. The number of pyridine rings is 1. The highest BCUT2D eigenvalue weighted by Gasteiger charge is 2.39. The summed E-state index contributed by atoms with van der Waals surface area (Å²) >= 11 is 10.9. The zero-order chi connectivity index (χ0) is 14.8. The predicted octanol–water partition coefficient (Wildman–Crippen LogP) is 4.29. The van der Waals surface area contributed by atoms with Crippen molar-refractivity contribution in [2.45, 2.75) is 25.4 Å². The normalized spacial score (nSPS) is 21.6. The molecule has 3 nitrogen and oxygen atoms in total. The molecule has 1 fully saturated rings. The molecule has 0 amide bonds. The Morgan fingerprint density at radius 3 is 2.95 bits per heavy atom. The molecule has 6 heteroatoms. The third kappa shape index (κ3) is 2.98. The van der Waals surface area contributed by atoms with Crippen LogP contribution in [-0.2, 0) is 0 Å². The quantitative estimate of drug-likeness (QED) is 0.799. The topological polar surface area (TPSA) is 28.2 Å². The van der Waals surface area contributed by atoms with Gasteiger partial charge in [0.15, 0.2) is 5.11 Å². The van der Waals surface area contributed by atoms with Crippen molar-refractivity contribution >= 4 is 44.6 Å². The number of thiocarbonyl (C=S) groups is 1. The van der Waals surface area contributed by atoms with Crippen LogP contribution in [0.4, 0.5) is 0 Å². The minimum atomic E-state index is 0.107. The van der Waals surface area contributed by atoms with E-state index in [1.54, 1.807) is 11.3 Å². The van der Waals surface area contributed by atoms with E-state index in [0.717, 1.165) is 28.2 Å². The van der Waals surface area contributed by atoms with E-state index in [2.05, 4.69) is 55.6 Å². The Balaban J connectivity index is 2.00. The molecule has 0 bridgehead atoms. The molecule has 0 aliphatic carbocycles. The smallest absolute Gasteiger partial charge is 0.170 e. The zero-order valence-electron chi connectivity index (χ0n) is 11.6. The van der Waals surface area contributed by atoms with Crippen LogP contribution in [0.5, 0.6) is 0 Å². The lowest BCUT2D eigenvalue weighted by Gasteiger charge is -2.26. The number of thiophene rings is 1. The van der Waals surface area contributed by atoms with Gasteiger partial charge < -0.3 is 10.2 Å². The molecule has 1 N–H and O–H groups in total. The van der Waals surface area contributed by atoms with Crippen LogP contribution in [0.3, 0.4) is 0 Å². The van der Waals surface area contributed by atoms with Crippen LogP contribution < -0.4 is 5.32 Å². The number of nitrogens with one attached hydrogen (secondary N) is 1. The van der Waals surface area contributed by atoms with Crippen LogP contribution in [0.2, 0.25) is 0 Å². The fourth-order valence-electron chi connectivity index (χ4n) is 2.68. The molecule has 1 aliphatic heterocycles. The third-order valence-corrected chi connectivity index (χ3v) is 5.66. The Hall–Kier alpha value is -0.980.